The second kappa shape index (κ2) is 22.4. The highest BCUT2D eigenvalue weighted by atomic mass is 35.5. The summed E-state index contributed by atoms with van der Waals surface area (Å²) in [6.07, 6.45) is 20.2. The average molecular weight is 450 g/mol. The zero-order valence-electron chi connectivity index (χ0n) is 19.9. The summed E-state index contributed by atoms with van der Waals surface area (Å²) in [5.74, 6) is 0. The van der Waals surface area contributed by atoms with Crippen molar-refractivity contribution in [2.45, 2.75) is 103 Å². The molecular weight excluding hydrogens is 399 g/mol. The number of hydrogen-bond donors (Lipinski definition) is 1. The van der Waals surface area contributed by atoms with Crippen LogP contribution < -0.4 is 31.0 Å². The van der Waals surface area contributed by atoms with Gasteiger partial charge in [-0.1, -0.05) is 114 Å². The Morgan fingerprint density at radius 2 is 0.966 bits per heavy atom. The van der Waals surface area contributed by atoms with Crippen molar-refractivity contribution in [2.75, 3.05) is 20.6 Å². The molecule has 2 nitrogen and oxygen atoms in total. The van der Waals surface area contributed by atoms with Crippen LogP contribution in [-0.2, 0) is 6.54 Å². The molecule has 0 unspecified atom stereocenters. The van der Waals surface area contributed by atoms with E-state index in [1.165, 1.54) is 102 Å². The van der Waals surface area contributed by atoms with Crippen molar-refractivity contribution >= 4 is 0 Å². The number of nitrogens with zero attached hydrogens (tertiary/aromatic N) is 1. The summed E-state index contributed by atoms with van der Waals surface area (Å²) >= 11 is 0. The second-order valence-corrected chi connectivity index (χ2v) is 8.90. The summed E-state index contributed by atoms with van der Waals surface area (Å²) in [4.78, 5) is 0. The number of hydrogen-bond acceptors (Lipinski definition) is 0. The molecule has 0 aliphatic rings. The van der Waals surface area contributed by atoms with Gasteiger partial charge < -0.3 is 35.4 Å². The number of quaternary nitrogens is 2. The summed E-state index contributed by atoms with van der Waals surface area (Å²) in [6, 6.07) is 10.9. The first-order valence-corrected chi connectivity index (χ1v) is 11.5. The van der Waals surface area contributed by atoms with Gasteiger partial charge in [-0.3, -0.25) is 0 Å². The Hall–Kier alpha value is -0.280. The van der Waals surface area contributed by atoms with Gasteiger partial charge in [0.25, 0.3) is 0 Å². The van der Waals surface area contributed by atoms with Crippen LogP contribution in [0.1, 0.15) is 102 Å². The van der Waals surface area contributed by atoms with Gasteiger partial charge in [-0.05, 0) is 12.8 Å². The van der Waals surface area contributed by atoms with Gasteiger partial charge in [0.05, 0.1) is 20.6 Å². The van der Waals surface area contributed by atoms with Crippen molar-refractivity contribution in [3.63, 3.8) is 0 Å². The van der Waals surface area contributed by atoms with E-state index in [1.807, 2.05) is 0 Å². The maximum atomic E-state index is 2.37. The fourth-order valence-corrected chi connectivity index (χ4v) is 3.89. The molecule has 0 aliphatic heterocycles. The minimum atomic E-state index is 0. The average Bonchev–Trinajstić information content (AvgIpc) is 2.62. The molecule has 0 radical (unpaired) electrons. The standard InChI is InChI=1S/C25H46N.2ClH.H3N/c1-4-5-6-7-8-9-10-11-12-13-14-15-16-20-23-26(2,3)24-25-21-18-17-19-22-25;;;/h17-19,21-22H,4-16,20,23-24H2,1-3H3;2*1H;1H3/q+1;;;/p-1. The molecule has 174 valence electrons. The Bertz CT molecular complexity index is 424. The smallest absolute Gasteiger partial charge is 0.104 e. The van der Waals surface area contributed by atoms with Gasteiger partial charge in [0.2, 0.25) is 0 Å². The lowest BCUT2D eigenvalue weighted by molar-refractivity contribution is -0.903. The minimum absolute atomic E-state index is 0. The van der Waals surface area contributed by atoms with Crippen molar-refractivity contribution < 1.29 is 29.3 Å². The van der Waals surface area contributed by atoms with Gasteiger partial charge in [0.15, 0.2) is 0 Å². The van der Waals surface area contributed by atoms with Gasteiger partial charge in [0.1, 0.15) is 6.54 Å². The maximum Gasteiger partial charge on any atom is 0.104 e. The van der Waals surface area contributed by atoms with E-state index in [2.05, 4.69) is 51.4 Å². The van der Waals surface area contributed by atoms with Crippen LogP contribution in [0.15, 0.2) is 30.3 Å². The molecule has 1 aromatic carbocycles. The molecule has 4 heteroatoms. The molecule has 0 heterocycles. The van der Waals surface area contributed by atoms with E-state index in [4.69, 9.17) is 0 Å². The lowest BCUT2D eigenvalue weighted by atomic mass is 10.0. The Morgan fingerprint density at radius 3 is 1.38 bits per heavy atom. The van der Waals surface area contributed by atoms with Crippen LogP contribution in [0.2, 0.25) is 0 Å². The molecule has 1 rings (SSSR count). The summed E-state index contributed by atoms with van der Waals surface area (Å²) in [6.45, 7) is 4.75. The largest absolute Gasteiger partial charge is 1.00 e. The predicted molar refractivity (Wildman–Crippen MR) is 123 cm³/mol. The summed E-state index contributed by atoms with van der Waals surface area (Å²) in [5.41, 5.74) is 1.46. The van der Waals surface area contributed by atoms with E-state index in [0.717, 1.165) is 11.0 Å². The Kier molecular flexibility index (Phi) is 25.8. The fourth-order valence-electron chi connectivity index (χ4n) is 3.89. The topological polar surface area (TPSA) is 36.5 Å². The Balaban J connectivity index is -0.00000225. The van der Waals surface area contributed by atoms with Crippen LogP contribution in [0.25, 0.3) is 0 Å². The maximum absolute atomic E-state index is 2.37. The van der Waals surface area contributed by atoms with Crippen molar-refractivity contribution in [2.24, 2.45) is 0 Å². The third-order valence-corrected chi connectivity index (χ3v) is 5.57. The number of unbranched alkanes of at least 4 members (excludes halogenated alkanes) is 13. The van der Waals surface area contributed by atoms with Crippen LogP contribution in [0, 0.1) is 0 Å². The number of benzene rings is 1. The predicted octanol–water partition coefficient (Wildman–Crippen LogP) is 2.13. The molecular formula is C25H50Cl2N2. The monoisotopic (exact) mass is 448 g/mol. The van der Waals surface area contributed by atoms with E-state index in [9.17, 15) is 0 Å². The van der Waals surface area contributed by atoms with Crippen LogP contribution in [-0.4, -0.2) is 25.1 Å². The molecule has 0 amide bonds. The Morgan fingerprint density at radius 1 is 0.586 bits per heavy atom. The van der Waals surface area contributed by atoms with Crippen molar-refractivity contribution in [1.82, 2.24) is 6.15 Å². The number of rotatable bonds is 17. The summed E-state index contributed by atoms with van der Waals surface area (Å²) in [5, 5.41) is 0. The molecule has 1 aromatic rings. The highest BCUT2D eigenvalue weighted by Gasteiger charge is 2.14. The van der Waals surface area contributed by atoms with E-state index in [1.54, 1.807) is 0 Å². The van der Waals surface area contributed by atoms with Crippen LogP contribution >= 0.6 is 0 Å². The highest BCUT2D eigenvalue weighted by molar-refractivity contribution is 5.13. The van der Waals surface area contributed by atoms with Gasteiger partial charge in [-0.25, -0.2) is 0 Å². The number of halogens is 2. The first-order valence-electron chi connectivity index (χ1n) is 11.5. The van der Waals surface area contributed by atoms with E-state index in [-0.39, 0.29) is 31.0 Å². The molecule has 0 saturated heterocycles. The molecule has 0 atom stereocenters. The molecule has 29 heavy (non-hydrogen) atoms. The quantitative estimate of drug-likeness (QED) is 0.280. The van der Waals surface area contributed by atoms with Crippen LogP contribution in [0.5, 0.6) is 0 Å². The molecule has 0 spiro atoms. The molecule has 0 aliphatic carbocycles. The molecule has 0 aromatic heterocycles. The van der Waals surface area contributed by atoms with Crippen LogP contribution in [0.4, 0.5) is 0 Å². The lowest BCUT2D eigenvalue weighted by Crippen LogP contribution is -3.00. The summed E-state index contributed by atoms with van der Waals surface area (Å²) < 4.78 is 1.11. The zero-order valence-corrected chi connectivity index (χ0v) is 21.4. The third-order valence-electron chi connectivity index (χ3n) is 5.57. The SMILES string of the molecule is CCCCCCCCCCCCCCCC[N+](C)(C)Cc1ccccc1.[Cl-].[Cl-].[NH4+]. The van der Waals surface area contributed by atoms with Crippen molar-refractivity contribution in [3.8, 4) is 0 Å². The van der Waals surface area contributed by atoms with E-state index >= 15 is 0 Å². The van der Waals surface area contributed by atoms with Gasteiger partial charge in [-0.15, -0.1) is 0 Å². The van der Waals surface area contributed by atoms with Gasteiger partial charge in [0, 0.05) is 5.56 Å². The molecule has 0 fully saturated rings. The first kappa shape index (κ1) is 33.4. The zero-order chi connectivity index (χ0) is 18.9. The normalized spacial score (nSPS) is 10.6. The first-order chi connectivity index (χ1) is 12.6. The van der Waals surface area contributed by atoms with Gasteiger partial charge in [-0.2, -0.15) is 0 Å². The summed E-state index contributed by atoms with van der Waals surface area (Å²) in [7, 11) is 4.74. The second-order valence-electron chi connectivity index (χ2n) is 8.90. The Labute approximate surface area is 195 Å². The van der Waals surface area contributed by atoms with Crippen LogP contribution in [0.3, 0.4) is 0 Å². The molecule has 0 bridgehead atoms. The van der Waals surface area contributed by atoms with Crippen molar-refractivity contribution in [1.29, 1.82) is 0 Å². The molecule has 0 saturated carbocycles. The van der Waals surface area contributed by atoms with E-state index in [0.29, 0.717) is 0 Å². The lowest BCUT2D eigenvalue weighted by Gasteiger charge is -2.30. The third kappa shape index (κ3) is 20.8. The van der Waals surface area contributed by atoms with E-state index < -0.39 is 0 Å². The molecule has 4 N–H and O–H groups in total. The highest BCUT2D eigenvalue weighted by Crippen LogP contribution is 2.14. The van der Waals surface area contributed by atoms with Crippen molar-refractivity contribution in [3.05, 3.63) is 35.9 Å². The van der Waals surface area contributed by atoms with Gasteiger partial charge >= 0.3 is 0 Å². The minimum Gasteiger partial charge on any atom is -1.00 e. The fraction of sp³-hybridized carbons (Fsp3) is 0.760.